The lowest BCUT2D eigenvalue weighted by Gasteiger charge is -2.43. The zero-order valence-electron chi connectivity index (χ0n) is 36.3. The number of rotatable bonds is 11. The Bertz CT molecular complexity index is 1740. The number of hydrogen-bond donors (Lipinski definition) is 4. The summed E-state index contributed by atoms with van der Waals surface area (Å²) in [5.74, 6) is 0.393. The van der Waals surface area contributed by atoms with E-state index in [1.807, 2.05) is 57.2 Å². The smallest absolute Gasteiger partial charge is 0.304 e. The summed E-state index contributed by atoms with van der Waals surface area (Å²) in [4.78, 5) is 44.5. The van der Waals surface area contributed by atoms with Gasteiger partial charge < -0.3 is 63.1 Å². The highest BCUT2D eigenvalue weighted by Gasteiger charge is 2.46. The molecular formula is C43H60I2O17. The molecule has 0 aliphatic carbocycles. The molecule has 0 spiro atoms. The Kier molecular flexibility index (Phi) is 22.0. The Labute approximate surface area is 389 Å². The molecular weight excluding hydrogens is 1040 g/mol. The van der Waals surface area contributed by atoms with Crippen molar-refractivity contribution in [2.75, 3.05) is 19.8 Å². The fourth-order valence-corrected chi connectivity index (χ4v) is 7.80. The average molecular weight is 1100 g/mol. The van der Waals surface area contributed by atoms with Crippen molar-refractivity contribution in [2.24, 2.45) is 29.6 Å². The lowest BCUT2D eigenvalue weighted by molar-refractivity contribution is -0.277. The predicted molar refractivity (Wildman–Crippen MR) is 237 cm³/mol. The molecule has 3 fully saturated rings. The number of esters is 4. The molecule has 7 unspecified atom stereocenters. The van der Waals surface area contributed by atoms with Crippen LogP contribution < -0.4 is 9.47 Å². The van der Waals surface area contributed by atoms with Crippen molar-refractivity contribution in [3.8, 4) is 11.5 Å². The van der Waals surface area contributed by atoms with Gasteiger partial charge in [0.2, 0.25) is 18.9 Å². The monoisotopic (exact) mass is 1100 g/mol. The van der Waals surface area contributed by atoms with Gasteiger partial charge in [0.25, 0.3) is 0 Å². The van der Waals surface area contributed by atoms with Crippen LogP contribution in [0.25, 0.3) is 0 Å². The van der Waals surface area contributed by atoms with E-state index in [4.69, 9.17) is 47.7 Å². The minimum atomic E-state index is -1.43. The highest BCUT2D eigenvalue weighted by molar-refractivity contribution is 14.1. The number of benzene rings is 2. The minimum Gasteiger partial charge on any atom is -0.463 e. The fourth-order valence-electron chi connectivity index (χ4n) is 6.77. The lowest BCUT2D eigenvalue weighted by Crippen LogP contribution is -2.60. The largest absolute Gasteiger partial charge is 0.463 e. The van der Waals surface area contributed by atoms with E-state index >= 15 is 0 Å². The second-order valence-corrected chi connectivity index (χ2v) is 17.8. The number of carbonyl (C=O) groups excluding carboxylic acids is 4. The second-order valence-electron chi connectivity index (χ2n) is 15.5. The summed E-state index contributed by atoms with van der Waals surface area (Å²) in [7, 11) is 0. The van der Waals surface area contributed by atoms with E-state index in [9.17, 15) is 34.5 Å². The van der Waals surface area contributed by atoms with Crippen LogP contribution >= 0.6 is 45.2 Å². The van der Waals surface area contributed by atoms with Gasteiger partial charge in [0.1, 0.15) is 49.1 Å². The SMILES string of the molecule is CC(=O)OCC1OC(OC(C)=O)C(C)[C@@H](C)[C@@H]1C.CC(=O)OCC1O[C@@H](Oc2ccccc2I)C(OC(C)=O)[C@@H](C)[C@@H]1C.OCC1O[C@@H](Oc2ccccc2I)C(O)[C@@H](O)[C@@H]1O. The third-order valence-corrected chi connectivity index (χ3v) is 12.8. The molecule has 19 heteroatoms. The molecule has 17 nitrogen and oxygen atoms in total. The van der Waals surface area contributed by atoms with Crippen LogP contribution in [0.15, 0.2) is 48.5 Å². The van der Waals surface area contributed by atoms with Gasteiger partial charge in [-0.15, -0.1) is 0 Å². The normalized spacial score (nSPS) is 32.9. The second kappa shape index (κ2) is 25.6. The van der Waals surface area contributed by atoms with Crippen molar-refractivity contribution in [1.29, 1.82) is 0 Å². The zero-order valence-corrected chi connectivity index (χ0v) is 40.6. The quantitative estimate of drug-likeness (QED) is 0.139. The number of aliphatic hydroxyl groups is 4. The van der Waals surface area contributed by atoms with E-state index < -0.39 is 56.0 Å². The summed E-state index contributed by atoms with van der Waals surface area (Å²) < 4.78 is 50.9. The summed E-state index contributed by atoms with van der Waals surface area (Å²) in [5.41, 5.74) is 0. The van der Waals surface area contributed by atoms with E-state index in [1.54, 1.807) is 12.1 Å². The van der Waals surface area contributed by atoms with Gasteiger partial charge in [-0.1, -0.05) is 58.9 Å². The Balaban J connectivity index is 0.000000252. The van der Waals surface area contributed by atoms with Crippen LogP contribution in [0.5, 0.6) is 11.5 Å². The molecule has 5 rings (SSSR count). The first kappa shape index (κ1) is 53.4. The van der Waals surface area contributed by atoms with E-state index in [0.717, 1.165) is 7.14 Å². The Morgan fingerprint density at radius 2 is 0.968 bits per heavy atom. The van der Waals surface area contributed by atoms with Gasteiger partial charge in [0, 0.05) is 39.5 Å². The van der Waals surface area contributed by atoms with Crippen molar-refractivity contribution >= 4 is 69.1 Å². The average Bonchev–Trinajstić information content (AvgIpc) is 3.21. The van der Waals surface area contributed by atoms with Crippen molar-refractivity contribution in [1.82, 2.24) is 0 Å². The van der Waals surface area contributed by atoms with Crippen LogP contribution in [-0.2, 0) is 52.3 Å². The van der Waals surface area contributed by atoms with Crippen LogP contribution in [0.1, 0.15) is 62.3 Å². The number of para-hydroxylation sites is 2. The molecule has 0 saturated carbocycles. The predicted octanol–water partition coefficient (Wildman–Crippen LogP) is 4.38. The van der Waals surface area contributed by atoms with E-state index in [-0.39, 0.29) is 73.0 Å². The van der Waals surface area contributed by atoms with E-state index in [2.05, 4.69) is 59.0 Å². The van der Waals surface area contributed by atoms with Crippen LogP contribution in [0.2, 0.25) is 0 Å². The number of carbonyl (C=O) groups is 4. The van der Waals surface area contributed by atoms with Gasteiger partial charge in [-0.3, -0.25) is 19.2 Å². The Hall–Kier alpha value is -2.90. The molecule has 3 heterocycles. The molecule has 3 aliphatic rings. The van der Waals surface area contributed by atoms with Crippen LogP contribution in [-0.4, -0.2) is 126 Å². The zero-order chi connectivity index (χ0) is 46.4. The molecule has 0 amide bonds. The van der Waals surface area contributed by atoms with Crippen LogP contribution in [0.4, 0.5) is 0 Å². The highest BCUT2D eigenvalue weighted by Crippen LogP contribution is 2.37. The number of ether oxygens (including phenoxy) is 9. The lowest BCUT2D eigenvalue weighted by atomic mass is 9.79. The van der Waals surface area contributed by atoms with Crippen molar-refractivity contribution in [2.45, 2.75) is 124 Å². The molecule has 4 N–H and O–H groups in total. The third kappa shape index (κ3) is 15.7. The highest BCUT2D eigenvalue weighted by atomic mass is 127. The molecule has 2 aromatic rings. The van der Waals surface area contributed by atoms with Gasteiger partial charge in [-0.2, -0.15) is 0 Å². The molecule has 3 aliphatic heterocycles. The third-order valence-electron chi connectivity index (χ3n) is 11.0. The molecule has 0 bridgehead atoms. The summed E-state index contributed by atoms with van der Waals surface area (Å²) in [6.07, 6.45) is -8.77. The molecule has 0 radical (unpaired) electrons. The molecule has 3 saturated heterocycles. The van der Waals surface area contributed by atoms with Gasteiger partial charge in [0.05, 0.1) is 26.0 Å². The first-order chi connectivity index (χ1) is 29.2. The van der Waals surface area contributed by atoms with E-state index in [1.165, 1.54) is 27.7 Å². The Morgan fingerprint density at radius 3 is 1.42 bits per heavy atom. The van der Waals surface area contributed by atoms with Crippen molar-refractivity contribution < 1.29 is 82.2 Å². The maximum Gasteiger partial charge on any atom is 0.304 e. The summed E-state index contributed by atoms with van der Waals surface area (Å²) in [6, 6.07) is 14.6. The van der Waals surface area contributed by atoms with Crippen molar-refractivity contribution in [3.63, 3.8) is 0 Å². The van der Waals surface area contributed by atoms with Crippen LogP contribution in [0, 0.1) is 36.7 Å². The maximum atomic E-state index is 11.5. The molecule has 348 valence electrons. The molecule has 15 atom stereocenters. The van der Waals surface area contributed by atoms with E-state index in [0.29, 0.717) is 17.4 Å². The topological polar surface area (TPSA) is 232 Å². The number of aliphatic hydroxyl groups excluding tert-OH is 4. The number of hydrogen-bond acceptors (Lipinski definition) is 17. The van der Waals surface area contributed by atoms with Crippen molar-refractivity contribution in [3.05, 3.63) is 55.7 Å². The summed E-state index contributed by atoms with van der Waals surface area (Å²) in [5, 5.41) is 38.2. The summed E-state index contributed by atoms with van der Waals surface area (Å²) >= 11 is 4.24. The van der Waals surface area contributed by atoms with Gasteiger partial charge in [-0.25, -0.2) is 0 Å². The first-order valence-corrected chi connectivity index (χ1v) is 22.4. The van der Waals surface area contributed by atoms with Gasteiger partial charge in [0.15, 0.2) is 6.10 Å². The molecule has 2 aromatic carbocycles. The van der Waals surface area contributed by atoms with Gasteiger partial charge >= 0.3 is 23.9 Å². The maximum absolute atomic E-state index is 11.5. The first-order valence-electron chi connectivity index (χ1n) is 20.2. The van der Waals surface area contributed by atoms with Crippen LogP contribution in [0.3, 0.4) is 0 Å². The van der Waals surface area contributed by atoms with Gasteiger partial charge in [-0.05, 0) is 87.2 Å². The molecule has 62 heavy (non-hydrogen) atoms. The standard InChI is InChI=1S/C18H23IO6.C13H22O5.C12H15IO6/c1-10-11(2)17(23-13(4)21)18(25-16(10)9-22-12(3)20)24-15-8-6-5-7-14(15)19;1-7-8(2)12(6-16-10(4)14)18-13(9(7)3)17-11(5)15;13-6-3-1-2-4-7(6)18-12-11(17)10(16)9(15)8(5-14)19-12/h5-8,10-11,16-18H,9H2,1-4H3;7-9,12-13H,6H2,1-5H3;1-4,8-12,14-17H,5H2/t10-,11-,16?,17?,18+;7-,8-,9?,12?,13?;8?,9-,10+,11?,12-/m001/s1. The summed E-state index contributed by atoms with van der Waals surface area (Å²) in [6.45, 7) is 15.4. The minimum absolute atomic E-state index is 0.0235. The number of halogens is 2. The Morgan fingerprint density at radius 1 is 0.532 bits per heavy atom. The fraction of sp³-hybridized carbons (Fsp3) is 0.628. The molecule has 0 aromatic heterocycles.